The number of amides is 3. The highest BCUT2D eigenvalue weighted by molar-refractivity contribution is 7.80. The summed E-state index contributed by atoms with van der Waals surface area (Å²) in [5.74, 6) is -4.27. The fourth-order valence-electron chi connectivity index (χ4n) is 2.18. The maximum Gasteiger partial charge on any atom is 0.328 e. The van der Waals surface area contributed by atoms with Crippen molar-refractivity contribution in [3.8, 4) is 0 Å². The van der Waals surface area contributed by atoms with Crippen molar-refractivity contribution in [1.29, 1.82) is 0 Å². The van der Waals surface area contributed by atoms with Crippen LogP contribution in [0.2, 0.25) is 0 Å². The summed E-state index contributed by atoms with van der Waals surface area (Å²) < 4.78 is 0. The largest absolute Gasteiger partial charge is 0.480 e. The van der Waals surface area contributed by atoms with Gasteiger partial charge in [0.2, 0.25) is 17.7 Å². The fourth-order valence-corrected chi connectivity index (χ4v) is 2.44. The lowest BCUT2D eigenvalue weighted by Gasteiger charge is -2.24. The van der Waals surface area contributed by atoms with Crippen LogP contribution in [0.25, 0.3) is 0 Å². The van der Waals surface area contributed by atoms with E-state index < -0.39 is 60.6 Å². The smallest absolute Gasteiger partial charge is 0.328 e. The third kappa shape index (κ3) is 10.8. The Morgan fingerprint density at radius 3 is 1.97 bits per heavy atom. The van der Waals surface area contributed by atoms with Crippen LogP contribution in [0.3, 0.4) is 0 Å². The number of carbonyl (C=O) groups excluding carboxylic acids is 3. The number of aliphatic hydroxyl groups excluding tert-OH is 2. The molecule has 31 heavy (non-hydrogen) atoms. The average Bonchev–Trinajstić information content (AvgIpc) is 2.70. The Morgan fingerprint density at radius 2 is 1.52 bits per heavy atom. The van der Waals surface area contributed by atoms with E-state index in [1.54, 1.807) is 0 Å². The van der Waals surface area contributed by atoms with Gasteiger partial charge in [0.05, 0.1) is 12.7 Å². The van der Waals surface area contributed by atoms with Gasteiger partial charge in [-0.25, -0.2) is 4.79 Å². The lowest BCUT2D eigenvalue weighted by molar-refractivity contribution is -0.143. The highest BCUT2D eigenvalue weighted by Gasteiger charge is 2.30. The molecule has 5 atom stereocenters. The zero-order chi connectivity index (χ0) is 24.1. The van der Waals surface area contributed by atoms with Crippen LogP contribution < -0.4 is 33.2 Å². The van der Waals surface area contributed by atoms with Crippen LogP contribution in [0.4, 0.5) is 0 Å². The van der Waals surface area contributed by atoms with Gasteiger partial charge in [-0.1, -0.05) is 0 Å². The van der Waals surface area contributed by atoms with Crippen molar-refractivity contribution in [3.05, 3.63) is 0 Å². The van der Waals surface area contributed by atoms with E-state index in [-0.39, 0.29) is 31.1 Å². The summed E-state index contributed by atoms with van der Waals surface area (Å²) in [7, 11) is 0. The van der Waals surface area contributed by atoms with Gasteiger partial charge in [-0.2, -0.15) is 12.6 Å². The molecule has 0 saturated heterocycles. The Kier molecular flexibility index (Phi) is 13.2. The number of nitrogens with two attached hydrogens (primary N) is 3. The van der Waals surface area contributed by atoms with E-state index in [9.17, 15) is 24.3 Å². The molecular weight excluding hydrogens is 434 g/mol. The molecule has 0 heterocycles. The van der Waals surface area contributed by atoms with Crippen molar-refractivity contribution in [2.24, 2.45) is 22.2 Å². The molecule has 0 spiro atoms. The summed E-state index contributed by atoms with van der Waals surface area (Å²) in [6.07, 6.45) is -0.826. The number of carboxylic acids is 1. The number of guanidine groups is 1. The molecule has 0 bridgehead atoms. The van der Waals surface area contributed by atoms with Gasteiger partial charge < -0.3 is 48.5 Å². The summed E-state index contributed by atoms with van der Waals surface area (Å²) in [6.45, 7) is 0.617. The summed E-state index contributed by atoms with van der Waals surface area (Å²) in [5, 5.41) is 34.2. The van der Waals surface area contributed by atoms with Crippen LogP contribution in [0.5, 0.6) is 0 Å². The number of nitrogens with zero attached hydrogens (tertiary/aromatic N) is 1. The number of carboxylic acid groups (broad SMARTS) is 1. The zero-order valence-corrected chi connectivity index (χ0v) is 17.9. The van der Waals surface area contributed by atoms with E-state index in [1.165, 1.54) is 6.92 Å². The van der Waals surface area contributed by atoms with Crippen molar-refractivity contribution >= 4 is 42.3 Å². The topological polar surface area (TPSA) is 255 Å². The van der Waals surface area contributed by atoms with Crippen LogP contribution in [0.15, 0.2) is 4.99 Å². The quantitative estimate of drug-likeness (QED) is 0.0506. The maximum atomic E-state index is 12.7. The monoisotopic (exact) mass is 465 g/mol. The third-order valence-corrected chi connectivity index (χ3v) is 4.38. The number of hydrogen-bond donors (Lipinski definition) is 10. The first-order valence-corrected chi connectivity index (χ1v) is 9.92. The van der Waals surface area contributed by atoms with Gasteiger partial charge in [-0.15, -0.1) is 0 Å². The third-order valence-electron chi connectivity index (χ3n) is 4.01. The van der Waals surface area contributed by atoms with Gasteiger partial charge in [0.15, 0.2) is 5.96 Å². The second-order valence-electron chi connectivity index (χ2n) is 6.60. The van der Waals surface area contributed by atoms with E-state index in [1.807, 2.05) is 0 Å². The Hall–Kier alpha value is -2.62. The summed E-state index contributed by atoms with van der Waals surface area (Å²) in [4.78, 5) is 51.8. The normalized spacial score (nSPS) is 15.5. The number of carbonyl (C=O) groups is 4. The van der Waals surface area contributed by atoms with Gasteiger partial charge in [0, 0.05) is 12.3 Å². The molecule has 14 nitrogen and oxygen atoms in total. The zero-order valence-electron chi connectivity index (χ0n) is 17.0. The van der Waals surface area contributed by atoms with Crippen LogP contribution in [0.1, 0.15) is 19.8 Å². The number of hydrogen-bond acceptors (Lipinski definition) is 9. The Labute approximate surface area is 184 Å². The molecule has 3 amide bonds. The molecule has 178 valence electrons. The summed E-state index contributed by atoms with van der Waals surface area (Å²) >= 11 is 3.97. The Morgan fingerprint density at radius 1 is 1.00 bits per heavy atom. The van der Waals surface area contributed by atoms with Gasteiger partial charge in [0.1, 0.15) is 24.2 Å². The molecule has 0 radical (unpaired) electrons. The molecule has 0 aliphatic rings. The standard InChI is InChI=1S/C16H31N7O7S/c1-7(25)11(17)14(28)21-8(3-2-4-20-16(18)19)12(26)23-10(6-31)13(27)22-9(5-24)15(29)30/h7-11,24-25,31H,2-6,17H2,1H3,(H,21,28)(H,22,27)(H,23,26)(H,29,30)(H4,18,19,20). The second kappa shape index (κ2) is 14.4. The molecule has 12 N–H and O–H groups in total. The van der Waals surface area contributed by atoms with Crippen molar-refractivity contribution in [3.63, 3.8) is 0 Å². The molecule has 15 heteroatoms. The van der Waals surface area contributed by atoms with E-state index in [0.29, 0.717) is 0 Å². The molecular formula is C16H31N7O7S. The molecule has 0 rings (SSSR count). The van der Waals surface area contributed by atoms with Gasteiger partial charge >= 0.3 is 5.97 Å². The lowest BCUT2D eigenvalue weighted by atomic mass is 10.1. The number of rotatable bonds is 14. The predicted molar refractivity (Wildman–Crippen MR) is 114 cm³/mol. The molecule has 0 aliphatic heterocycles. The van der Waals surface area contributed by atoms with Crippen molar-refractivity contribution < 1.29 is 34.5 Å². The van der Waals surface area contributed by atoms with Crippen molar-refractivity contribution in [2.75, 3.05) is 18.9 Å². The highest BCUT2D eigenvalue weighted by Crippen LogP contribution is 2.02. The first-order chi connectivity index (χ1) is 14.4. The van der Waals surface area contributed by atoms with Crippen molar-refractivity contribution in [2.45, 2.75) is 50.0 Å². The Bertz CT molecular complexity index is 658. The highest BCUT2D eigenvalue weighted by atomic mass is 32.1. The lowest BCUT2D eigenvalue weighted by Crippen LogP contribution is -2.58. The van der Waals surface area contributed by atoms with Crippen LogP contribution in [-0.4, -0.2) is 94.1 Å². The number of nitrogens with one attached hydrogen (secondary N) is 3. The van der Waals surface area contributed by atoms with Crippen LogP contribution in [-0.2, 0) is 19.2 Å². The van der Waals surface area contributed by atoms with Crippen molar-refractivity contribution in [1.82, 2.24) is 16.0 Å². The molecule has 0 aromatic carbocycles. The maximum absolute atomic E-state index is 12.7. The van der Waals surface area contributed by atoms with E-state index in [0.717, 1.165) is 0 Å². The van der Waals surface area contributed by atoms with Gasteiger partial charge in [-0.05, 0) is 19.8 Å². The summed E-state index contributed by atoms with van der Waals surface area (Å²) in [5.41, 5.74) is 16.0. The average molecular weight is 466 g/mol. The molecule has 0 fully saturated rings. The predicted octanol–water partition coefficient (Wildman–Crippen LogP) is -4.79. The van der Waals surface area contributed by atoms with Crippen LogP contribution >= 0.6 is 12.6 Å². The number of thiol groups is 1. The molecule has 0 aliphatic carbocycles. The number of aliphatic imine (C=N–C) groups is 1. The summed E-state index contributed by atoms with van der Waals surface area (Å²) in [6, 6.07) is -5.27. The second-order valence-corrected chi connectivity index (χ2v) is 6.97. The van der Waals surface area contributed by atoms with Crippen LogP contribution in [0, 0.1) is 0 Å². The van der Waals surface area contributed by atoms with Gasteiger partial charge in [0.25, 0.3) is 0 Å². The first kappa shape index (κ1) is 28.4. The minimum absolute atomic E-state index is 0.0657. The van der Waals surface area contributed by atoms with E-state index >= 15 is 0 Å². The Balaban J connectivity index is 5.27. The number of aliphatic carboxylic acids is 1. The minimum atomic E-state index is -1.56. The molecule has 5 unspecified atom stereocenters. The van der Waals surface area contributed by atoms with E-state index in [2.05, 4.69) is 33.6 Å². The van der Waals surface area contributed by atoms with Gasteiger partial charge in [-0.3, -0.25) is 19.4 Å². The molecule has 0 aromatic heterocycles. The minimum Gasteiger partial charge on any atom is -0.480 e. The first-order valence-electron chi connectivity index (χ1n) is 9.29. The fraction of sp³-hybridized carbons (Fsp3) is 0.688. The number of aliphatic hydroxyl groups is 2. The molecule has 0 saturated carbocycles. The molecule has 0 aromatic rings. The SMILES string of the molecule is CC(O)C(N)C(=O)NC(CCCN=C(N)N)C(=O)NC(CS)C(=O)NC(CO)C(=O)O. The van der Waals surface area contributed by atoms with E-state index in [4.69, 9.17) is 27.4 Å².